The van der Waals surface area contributed by atoms with Crippen LogP contribution in [0.4, 0.5) is 0 Å². The number of rotatable bonds is 5. The summed E-state index contributed by atoms with van der Waals surface area (Å²) in [5.74, 6) is 2.89. The van der Waals surface area contributed by atoms with Crippen molar-refractivity contribution in [2.45, 2.75) is 32.6 Å². The van der Waals surface area contributed by atoms with Gasteiger partial charge in [0, 0.05) is 29.0 Å². The van der Waals surface area contributed by atoms with Crippen LogP contribution >= 0.6 is 22.6 Å². The molecule has 0 aliphatic rings. The number of unbranched alkanes of at least 4 members (excludes halogenated alkanes) is 2. The van der Waals surface area contributed by atoms with Crippen LogP contribution in [0, 0.1) is 9.85 Å². The first kappa shape index (κ1) is 11.8. The maximum Gasteiger partial charge on any atom is 0.220 e. The van der Waals surface area contributed by atoms with E-state index >= 15 is 0 Å². The first-order valence-corrected chi connectivity index (χ1v) is 5.24. The molecule has 0 bridgehead atoms. The van der Waals surface area contributed by atoms with Gasteiger partial charge in [-0.25, -0.2) is 0 Å². The van der Waals surface area contributed by atoms with Crippen LogP contribution in [0.25, 0.3) is 0 Å². The average molecular weight is 279 g/mol. The van der Waals surface area contributed by atoms with E-state index in [9.17, 15) is 4.79 Å². The summed E-state index contributed by atoms with van der Waals surface area (Å²) in [5.41, 5.74) is 0. The highest BCUT2D eigenvalue weighted by Gasteiger charge is 1.97. The summed E-state index contributed by atoms with van der Waals surface area (Å²) in [4.78, 5) is 11.0. The fraction of sp³-hybridized carbons (Fsp3) is 0.667. The molecule has 0 unspecified atom stereocenters. The molecule has 0 saturated carbocycles. The largest absolute Gasteiger partial charge is 0.345 e. The molecule has 0 aliphatic heterocycles. The first-order chi connectivity index (χ1) is 5.81. The van der Waals surface area contributed by atoms with E-state index in [0.29, 0.717) is 13.0 Å². The van der Waals surface area contributed by atoms with E-state index < -0.39 is 0 Å². The van der Waals surface area contributed by atoms with Crippen molar-refractivity contribution in [3.05, 3.63) is 0 Å². The zero-order valence-electron chi connectivity index (χ0n) is 7.32. The van der Waals surface area contributed by atoms with Gasteiger partial charge >= 0.3 is 0 Å². The molecule has 0 spiro atoms. The van der Waals surface area contributed by atoms with Gasteiger partial charge in [0.1, 0.15) is 0 Å². The first-order valence-electron chi connectivity index (χ1n) is 4.16. The van der Waals surface area contributed by atoms with Gasteiger partial charge < -0.3 is 5.32 Å². The normalized spacial score (nSPS) is 8.50. The lowest BCUT2D eigenvalue weighted by Gasteiger charge is -1.99. The predicted molar refractivity (Wildman–Crippen MR) is 58.9 cm³/mol. The molecule has 3 heteroatoms. The van der Waals surface area contributed by atoms with Crippen molar-refractivity contribution in [2.75, 3.05) is 6.54 Å². The number of carbonyl (C=O) groups is 1. The number of hydrogen-bond donors (Lipinski definition) is 1. The van der Waals surface area contributed by atoms with Gasteiger partial charge in [-0.3, -0.25) is 4.79 Å². The Hall–Kier alpha value is -0.240. The third kappa shape index (κ3) is 7.86. The van der Waals surface area contributed by atoms with Crippen LogP contribution in [0.2, 0.25) is 0 Å². The molecule has 0 aromatic carbocycles. The number of halogens is 1. The van der Waals surface area contributed by atoms with Gasteiger partial charge in [-0.1, -0.05) is 25.7 Å². The fourth-order valence-electron chi connectivity index (χ4n) is 0.800. The molecule has 2 nitrogen and oxygen atoms in total. The molecule has 68 valence electrons. The Bertz CT molecular complexity index is 181. The van der Waals surface area contributed by atoms with Crippen LogP contribution in [0.5, 0.6) is 0 Å². The summed E-state index contributed by atoms with van der Waals surface area (Å²) in [6.07, 6.45) is 3.91. The van der Waals surface area contributed by atoms with Crippen molar-refractivity contribution < 1.29 is 4.79 Å². The minimum absolute atomic E-state index is 0.114. The molecule has 0 rings (SSSR count). The number of hydrogen-bond acceptors (Lipinski definition) is 1. The van der Waals surface area contributed by atoms with Gasteiger partial charge in [0.25, 0.3) is 0 Å². The summed E-state index contributed by atoms with van der Waals surface area (Å²) in [6.45, 7) is 2.60. The fourth-order valence-corrected chi connectivity index (χ4v) is 0.991. The molecule has 0 aromatic rings. The molecular weight excluding hydrogens is 265 g/mol. The monoisotopic (exact) mass is 279 g/mol. The zero-order valence-corrected chi connectivity index (χ0v) is 9.48. The Morgan fingerprint density at radius 3 is 2.83 bits per heavy atom. The summed E-state index contributed by atoms with van der Waals surface area (Å²) < 4.78 is 2.70. The van der Waals surface area contributed by atoms with E-state index in [1.165, 1.54) is 0 Å². The van der Waals surface area contributed by atoms with Crippen LogP contribution in [-0.4, -0.2) is 12.5 Å². The average Bonchev–Trinajstić information content (AvgIpc) is 2.06. The van der Waals surface area contributed by atoms with Crippen LogP contribution in [0.15, 0.2) is 0 Å². The van der Waals surface area contributed by atoms with Crippen molar-refractivity contribution in [3.63, 3.8) is 0 Å². The molecule has 0 heterocycles. The molecule has 0 aromatic heterocycles. The zero-order chi connectivity index (χ0) is 9.23. The molecule has 1 N–H and O–H groups in total. The Balaban J connectivity index is 3.25. The smallest absolute Gasteiger partial charge is 0.220 e. The van der Waals surface area contributed by atoms with E-state index in [1.807, 2.05) is 22.6 Å². The number of nitrogens with one attached hydrogen (secondary N) is 1. The van der Waals surface area contributed by atoms with Crippen LogP contribution in [0.1, 0.15) is 32.6 Å². The van der Waals surface area contributed by atoms with Gasteiger partial charge in [0.05, 0.1) is 6.54 Å². The molecule has 1 amide bonds. The summed E-state index contributed by atoms with van der Waals surface area (Å²) in [6, 6.07) is 0. The second-order valence-corrected chi connectivity index (χ2v) is 3.04. The summed E-state index contributed by atoms with van der Waals surface area (Å²) in [7, 11) is 0. The predicted octanol–water partition coefficient (Wildman–Crippen LogP) is 2.08. The number of carbonyl (C=O) groups excluding carboxylic acids is 1. The number of amides is 1. The molecule has 0 radical (unpaired) electrons. The lowest BCUT2D eigenvalue weighted by Crippen LogP contribution is -2.22. The SMILES string of the molecule is CCCCCC(=O)NCC#CI. The molecule has 12 heavy (non-hydrogen) atoms. The maximum absolute atomic E-state index is 11.0. The van der Waals surface area contributed by atoms with Gasteiger partial charge in [-0.05, 0) is 10.3 Å². The quantitative estimate of drug-likeness (QED) is 0.466. The Morgan fingerprint density at radius 2 is 2.25 bits per heavy atom. The molecule has 0 aliphatic carbocycles. The van der Waals surface area contributed by atoms with Crippen LogP contribution in [0.3, 0.4) is 0 Å². The summed E-state index contributed by atoms with van der Waals surface area (Å²) in [5, 5.41) is 2.73. The Kier molecular flexibility index (Phi) is 8.68. The Morgan fingerprint density at radius 1 is 1.50 bits per heavy atom. The minimum atomic E-state index is 0.114. The van der Waals surface area contributed by atoms with Crippen LogP contribution < -0.4 is 5.32 Å². The second-order valence-electron chi connectivity index (χ2n) is 2.51. The molecule has 0 fully saturated rings. The third-order valence-electron chi connectivity index (χ3n) is 1.45. The van der Waals surface area contributed by atoms with Crippen LogP contribution in [-0.2, 0) is 4.79 Å². The lowest BCUT2D eigenvalue weighted by atomic mass is 10.2. The second kappa shape index (κ2) is 8.85. The van der Waals surface area contributed by atoms with Crippen molar-refractivity contribution in [1.82, 2.24) is 5.32 Å². The van der Waals surface area contributed by atoms with E-state index in [-0.39, 0.29) is 5.91 Å². The van der Waals surface area contributed by atoms with Crippen molar-refractivity contribution in [1.29, 1.82) is 0 Å². The highest BCUT2D eigenvalue weighted by Crippen LogP contribution is 1.97. The van der Waals surface area contributed by atoms with Crippen molar-refractivity contribution in [2.24, 2.45) is 0 Å². The molecular formula is C9H14INO. The van der Waals surface area contributed by atoms with E-state index in [2.05, 4.69) is 22.1 Å². The maximum atomic E-state index is 11.0. The van der Waals surface area contributed by atoms with Crippen molar-refractivity contribution >= 4 is 28.5 Å². The summed E-state index contributed by atoms with van der Waals surface area (Å²) >= 11 is 1.96. The third-order valence-corrected chi connectivity index (χ3v) is 1.83. The van der Waals surface area contributed by atoms with Gasteiger partial charge in [0.15, 0.2) is 0 Å². The van der Waals surface area contributed by atoms with Gasteiger partial charge in [0.2, 0.25) is 5.91 Å². The minimum Gasteiger partial charge on any atom is -0.345 e. The molecule has 0 atom stereocenters. The Labute approximate surface area is 87.6 Å². The van der Waals surface area contributed by atoms with Gasteiger partial charge in [-0.2, -0.15) is 0 Å². The van der Waals surface area contributed by atoms with Crippen molar-refractivity contribution in [3.8, 4) is 9.85 Å². The molecule has 0 saturated heterocycles. The highest BCUT2D eigenvalue weighted by molar-refractivity contribution is 14.1. The highest BCUT2D eigenvalue weighted by atomic mass is 127. The lowest BCUT2D eigenvalue weighted by molar-refractivity contribution is -0.120. The van der Waals surface area contributed by atoms with E-state index in [0.717, 1.165) is 19.3 Å². The van der Waals surface area contributed by atoms with Gasteiger partial charge in [-0.15, -0.1) is 0 Å². The topological polar surface area (TPSA) is 29.1 Å². The standard InChI is InChI=1S/C9H14INO/c1-2-3-4-6-9(12)11-8-5-7-10/h2-4,6,8H2,1H3,(H,11,12). The van der Waals surface area contributed by atoms with E-state index in [4.69, 9.17) is 0 Å². The van der Waals surface area contributed by atoms with E-state index in [1.54, 1.807) is 0 Å².